The maximum atomic E-state index is 12.5. The Morgan fingerprint density at radius 1 is 1.23 bits per heavy atom. The molecule has 2 heteroatoms. The van der Waals surface area contributed by atoms with E-state index in [4.69, 9.17) is 0 Å². The summed E-state index contributed by atoms with van der Waals surface area (Å²) in [7, 11) is -2.45. The van der Waals surface area contributed by atoms with E-state index in [9.17, 15) is 4.21 Å². The van der Waals surface area contributed by atoms with Gasteiger partial charge >= 0.3 is 0 Å². The fourth-order valence-corrected chi connectivity index (χ4v) is 2.96. The van der Waals surface area contributed by atoms with Gasteiger partial charge in [0.2, 0.25) is 0 Å². The second-order valence-electron chi connectivity index (χ2n) is 5.71. The first-order valence-corrected chi connectivity index (χ1v) is 8.27. The van der Waals surface area contributed by atoms with E-state index in [1.165, 1.54) is 6.42 Å². The predicted octanol–water partition coefficient (Wildman–Crippen LogP) is 2.91. The van der Waals surface area contributed by atoms with Crippen LogP contribution in [0.1, 0.15) is 40.5 Å². The lowest BCUT2D eigenvalue weighted by atomic mass is 9.92. The van der Waals surface area contributed by atoms with Crippen molar-refractivity contribution < 1.29 is 4.21 Å². The fourth-order valence-electron chi connectivity index (χ4n) is 1.47. The Bertz CT molecular complexity index is 223. The average molecular weight is 206 g/mol. The molecular weight excluding hydrogens is 180 g/mol. The molecule has 0 spiro atoms. The summed E-state index contributed by atoms with van der Waals surface area (Å²) in [6.07, 6.45) is 8.10. The van der Waals surface area contributed by atoms with Gasteiger partial charge in [0.05, 0.1) is 0 Å². The lowest BCUT2D eigenvalue weighted by Gasteiger charge is -2.49. The SMILES string of the molecule is CCCC(C)C(C)(C)S(C)(C)(C)=O. The van der Waals surface area contributed by atoms with E-state index < -0.39 is 9.07 Å². The van der Waals surface area contributed by atoms with Gasteiger partial charge in [0, 0.05) is 4.75 Å². The molecule has 0 aromatic heterocycles. The molecule has 0 rings (SSSR count). The zero-order chi connectivity index (χ0) is 10.9. The Hall–Kier alpha value is 0.150. The van der Waals surface area contributed by atoms with E-state index >= 15 is 0 Å². The molecule has 0 aliphatic heterocycles. The van der Waals surface area contributed by atoms with Crippen molar-refractivity contribution >= 4 is 9.07 Å². The third-order valence-electron chi connectivity index (χ3n) is 3.70. The Morgan fingerprint density at radius 2 is 1.62 bits per heavy atom. The summed E-state index contributed by atoms with van der Waals surface area (Å²) >= 11 is 0. The fraction of sp³-hybridized carbons (Fsp3) is 1.00. The van der Waals surface area contributed by atoms with Crippen molar-refractivity contribution in [3.63, 3.8) is 0 Å². The molecule has 0 aromatic carbocycles. The minimum absolute atomic E-state index is 0.0623. The molecule has 0 aliphatic carbocycles. The standard InChI is InChI=1S/C11H26OS/c1-8-9-10(2)11(3,4)13(5,6,7)12/h10H,8-9H2,1-7H3. The quantitative estimate of drug-likeness (QED) is 0.691. The Labute approximate surface area is 83.7 Å². The first kappa shape index (κ1) is 13.2. The summed E-state index contributed by atoms with van der Waals surface area (Å²) in [5.74, 6) is 0.525. The molecule has 82 valence electrons. The van der Waals surface area contributed by atoms with Crippen molar-refractivity contribution in [2.45, 2.75) is 45.3 Å². The van der Waals surface area contributed by atoms with Crippen molar-refractivity contribution in [1.82, 2.24) is 0 Å². The van der Waals surface area contributed by atoms with E-state index in [1.807, 2.05) is 18.8 Å². The maximum absolute atomic E-state index is 12.5. The second-order valence-corrected chi connectivity index (χ2v) is 11.6. The summed E-state index contributed by atoms with van der Waals surface area (Å²) < 4.78 is 12.5. The van der Waals surface area contributed by atoms with Crippen molar-refractivity contribution in [3.8, 4) is 0 Å². The van der Waals surface area contributed by atoms with Crippen LogP contribution in [0.25, 0.3) is 0 Å². The van der Waals surface area contributed by atoms with Gasteiger partial charge in [0.25, 0.3) is 0 Å². The van der Waals surface area contributed by atoms with Crippen molar-refractivity contribution in [1.29, 1.82) is 0 Å². The van der Waals surface area contributed by atoms with Crippen LogP contribution in [0.2, 0.25) is 0 Å². The second kappa shape index (κ2) is 3.38. The minimum atomic E-state index is -2.45. The van der Waals surface area contributed by atoms with Crippen molar-refractivity contribution in [3.05, 3.63) is 0 Å². The Balaban J connectivity index is 4.88. The summed E-state index contributed by atoms with van der Waals surface area (Å²) in [5, 5.41) is 0. The van der Waals surface area contributed by atoms with Gasteiger partial charge in [-0.2, -0.15) is 0 Å². The summed E-state index contributed by atoms with van der Waals surface area (Å²) in [5.41, 5.74) is 0. The molecule has 0 radical (unpaired) electrons. The number of hydrogen-bond donors (Lipinski definition) is 0. The van der Waals surface area contributed by atoms with E-state index in [0.717, 1.165) is 6.42 Å². The van der Waals surface area contributed by atoms with Crippen LogP contribution in [-0.2, 0) is 9.07 Å². The number of hydrogen-bond acceptors (Lipinski definition) is 1. The van der Waals surface area contributed by atoms with E-state index in [-0.39, 0.29) is 4.75 Å². The molecule has 0 fully saturated rings. The van der Waals surface area contributed by atoms with Crippen LogP contribution in [-0.4, -0.2) is 27.7 Å². The van der Waals surface area contributed by atoms with Crippen LogP contribution in [0.3, 0.4) is 0 Å². The van der Waals surface area contributed by atoms with Crippen molar-refractivity contribution in [2.24, 2.45) is 5.92 Å². The van der Waals surface area contributed by atoms with Crippen LogP contribution >= 0.6 is 0 Å². The zero-order valence-corrected chi connectivity index (χ0v) is 11.1. The van der Waals surface area contributed by atoms with Crippen LogP contribution < -0.4 is 0 Å². The molecule has 0 amide bonds. The first-order valence-electron chi connectivity index (χ1n) is 5.08. The normalized spacial score (nSPS) is 19.2. The van der Waals surface area contributed by atoms with Gasteiger partial charge in [-0.15, -0.1) is 0 Å². The monoisotopic (exact) mass is 206 g/mol. The largest absolute Gasteiger partial charge is 0.282 e. The van der Waals surface area contributed by atoms with Crippen LogP contribution in [0.15, 0.2) is 0 Å². The van der Waals surface area contributed by atoms with Crippen LogP contribution in [0.5, 0.6) is 0 Å². The van der Waals surface area contributed by atoms with Crippen LogP contribution in [0.4, 0.5) is 0 Å². The van der Waals surface area contributed by atoms with Gasteiger partial charge < -0.3 is 0 Å². The summed E-state index contributed by atoms with van der Waals surface area (Å²) in [6.45, 7) is 8.68. The molecule has 1 atom stereocenters. The topological polar surface area (TPSA) is 17.1 Å². The molecule has 0 bridgehead atoms. The Morgan fingerprint density at radius 3 is 1.85 bits per heavy atom. The minimum Gasteiger partial charge on any atom is -0.282 e. The Kier molecular flexibility index (Phi) is 3.42. The highest BCUT2D eigenvalue weighted by molar-refractivity contribution is 8.19. The molecule has 0 saturated heterocycles. The maximum Gasteiger partial charge on any atom is 0.0224 e. The molecule has 0 saturated carbocycles. The van der Waals surface area contributed by atoms with Crippen LogP contribution in [0, 0.1) is 5.92 Å². The highest BCUT2D eigenvalue weighted by Gasteiger charge is 2.42. The van der Waals surface area contributed by atoms with E-state index in [2.05, 4.69) is 27.7 Å². The predicted molar refractivity (Wildman–Crippen MR) is 64.1 cm³/mol. The molecule has 1 unspecified atom stereocenters. The third kappa shape index (κ3) is 2.80. The van der Waals surface area contributed by atoms with E-state index in [0.29, 0.717) is 5.92 Å². The highest BCUT2D eigenvalue weighted by Crippen LogP contribution is 2.39. The molecule has 0 heterocycles. The first-order chi connectivity index (χ1) is 5.49. The lowest BCUT2D eigenvalue weighted by Crippen LogP contribution is -2.53. The molecular formula is C11H26OS. The third-order valence-corrected chi connectivity index (χ3v) is 7.69. The van der Waals surface area contributed by atoms with Gasteiger partial charge in [0.1, 0.15) is 0 Å². The molecule has 0 N–H and O–H groups in total. The molecule has 0 aliphatic rings. The van der Waals surface area contributed by atoms with Gasteiger partial charge in [-0.3, -0.25) is 4.21 Å². The van der Waals surface area contributed by atoms with Gasteiger partial charge in [-0.25, -0.2) is 0 Å². The average Bonchev–Trinajstić information content (AvgIpc) is 1.83. The van der Waals surface area contributed by atoms with Gasteiger partial charge in [0.15, 0.2) is 0 Å². The molecule has 1 nitrogen and oxygen atoms in total. The zero-order valence-electron chi connectivity index (χ0n) is 10.3. The smallest absolute Gasteiger partial charge is 0.0224 e. The van der Waals surface area contributed by atoms with Gasteiger partial charge in [-0.1, -0.05) is 29.3 Å². The van der Waals surface area contributed by atoms with E-state index in [1.54, 1.807) is 0 Å². The summed E-state index contributed by atoms with van der Waals surface area (Å²) in [4.78, 5) is 0. The summed E-state index contributed by atoms with van der Waals surface area (Å²) in [6, 6.07) is 0. The molecule has 0 aromatic rings. The van der Waals surface area contributed by atoms with Crippen molar-refractivity contribution in [2.75, 3.05) is 18.8 Å². The lowest BCUT2D eigenvalue weighted by molar-refractivity contribution is 0.406. The highest BCUT2D eigenvalue weighted by atomic mass is 32.3. The number of rotatable bonds is 4. The van der Waals surface area contributed by atoms with Gasteiger partial charge in [-0.05, 0) is 45.0 Å². The molecule has 13 heavy (non-hydrogen) atoms.